The molecule has 3 rings (SSSR count). The van der Waals surface area contributed by atoms with Crippen LogP contribution in [-0.4, -0.2) is 47.4 Å². The van der Waals surface area contributed by atoms with E-state index in [-0.39, 0.29) is 53.6 Å². The molecular formula is C26H29N3O7S. The molecular weight excluding hydrogens is 498 g/mol. The number of aromatic nitrogens is 1. The number of carbonyl (C=O) groups is 3. The molecule has 2 aromatic heterocycles. The van der Waals surface area contributed by atoms with E-state index in [1.165, 1.54) is 22.8 Å². The highest BCUT2D eigenvalue weighted by Crippen LogP contribution is 2.52. The van der Waals surface area contributed by atoms with E-state index in [0.29, 0.717) is 10.6 Å². The van der Waals surface area contributed by atoms with Gasteiger partial charge in [0.2, 0.25) is 0 Å². The predicted octanol–water partition coefficient (Wildman–Crippen LogP) is 4.09. The zero-order valence-electron chi connectivity index (χ0n) is 21.3. The fraction of sp³-hybridized carbons (Fsp3) is 0.385. The summed E-state index contributed by atoms with van der Waals surface area (Å²) in [5.74, 6) is -4.83. The standard InChI is InChI=1S/C26H29N3O7S/c1-6-34-24(31)17-13(4)29-22(21(26(33)36-8-3)20(17)16-10-9-11-37-16)19(15(12-27)23(29)28)18(14(5)30)25(32)35-7-2/h9-11,20-21,30H,6-8,28H2,1-5H3/b18-14+/t20-,21+/m1/s1. The molecule has 0 radical (unpaired) electrons. The first-order valence-corrected chi connectivity index (χ1v) is 12.6. The SMILES string of the molecule is CCOC(=O)C1=C(C)n2c(N)c(C#N)c(/C(C(=O)OCC)=C(/C)O)c2[C@@H](C(=O)OCC)[C@@H]1c1cccs1. The molecule has 0 saturated carbocycles. The van der Waals surface area contributed by atoms with Crippen molar-refractivity contribution in [2.24, 2.45) is 0 Å². The molecule has 11 heteroatoms. The van der Waals surface area contributed by atoms with Gasteiger partial charge in [-0.3, -0.25) is 4.79 Å². The lowest BCUT2D eigenvalue weighted by Gasteiger charge is -2.34. The van der Waals surface area contributed by atoms with E-state index in [0.717, 1.165) is 0 Å². The maximum Gasteiger partial charge on any atom is 0.342 e. The number of nitrogens with zero attached hydrogens (tertiary/aromatic N) is 2. The second kappa shape index (κ2) is 11.3. The topological polar surface area (TPSA) is 154 Å². The summed E-state index contributed by atoms with van der Waals surface area (Å²) in [5, 5.41) is 22.5. The van der Waals surface area contributed by atoms with Crippen molar-refractivity contribution in [2.75, 3.05) is 25.6 Å². The number of esters is 3. The quantitative estimate of drug-likeness (QED) is 0.223. The van der Waals surface area contributed by atoms with Gasteiger partial charge in [0, 0.05) is 27.7 Å². The van der Waals surface area contributed by atoms with Crippen LogP contribution in [0, 0.1) is 11.3 Å². The second-order valence-electron chi connectivity index (χ2n) is 8.09. The van der Waals surface area contributed by atoms with Crippen LogP contribution in [0.3, 0.4) is 0 Å². The molecule has 0 unspecified atom stereocenters. The van der Waals surface area contributed by atoms with Crippen LogP contribution in [0.2, 0.25) is 0 Å². The number of aliphatic hydroxyl groups is 1. The molecule has 0 aliphatic carbocycles. The van der Waals surface area contributed by atoms with Gasteiger partial charge in [-0.25, -0.2) is 9.59 Å². The maximum absolute atomic E-state index is 13.6. The summed E-state index contributed by atoms with van der Waals surface area (Å²) in [6.45, 7) is 7.96. The molecule has 0 bridgehead atoms. The fourth-order valence-corrected chi connectivity index (χ4v) is 5.55. The van der Waals surface area contributed by atoms with E-state index in [1.54, 1.807) is 45.2 Å². The highest BCUT2D eigenvalue weighted by molar-refractivity contribution is 7.10. The van der Waals surface area contributed by atoms with Crippen molar-refractivity contribution in [1.82, 2.24) is 4.57 Å². The Labute approximate surface area is 218 Å². The number of nitrogen functional groups attached to an aromatic ring is 1. The van der Waals surface area contributed by atoms with Gasteiger partial charge < -0.3 is 29.6 Å². The minimum atomic E-state index is -1.20. The van der Waals surface area contributed by atoms with Crippen molar-refractivity contribution in [1.29, 1.82) is 5.26 Å². The van der Waals surface area contributed by atoms with Crippen LogP contribution in [0.1, 0.15) is 68.2 Å². The molecule has 0 aromatic carbocycles. The molecule has 0 fully saturated rings. The van der Waals surface area contributed by atoms with Crippen LogP contribution in [0.5, 0.6) is 0 Å². The summed E-state index contributed by atoms with van der Waals surface area (Å²) in [4.78, 5) is 40.6. The van der Waals surface area contributed by atoms with E-state index >= 15 is 0 Å². The van der Waals surface area contributed by atoms with Crippen molar-refractivity contribution in [3.63, 3.8) is 0 Å². The maximum atomic E-state index is 13.6. The molecule has 2 atom stereocenters. The molecule has 3 heterocycles. The second-order valence-corrected chi connectivity index (χ2v) is 9.07. The van der Waals surface area contributed by atoms with Crippen LogP contribution < -0.4 is 5.73 Å². The molecule has 0 amide bonds. The molecule has 10 nitrogen and oxygen atoms in total. The number of carbonyl (C=O) groups excluding carboxylic acids is 3. The number of aliphatic hydroxyl groups excluding tert-OH is 1. The van der Waals surface area contributed by atoms with Gasteiger partial charge in [0.1, 0.15) is 34.7 Å². The average Bonchev–Trinajstić information content (AvgIpc) is 3.46. The molecule has 37 heavy (non-hydrogen) atoms. The number of hydrogen-bond acceptors (Lipinski definition) is 10. The smallest absolute Gasteiger partial charge is 0.342 e. The molecule has 0 spiro atoms. The zero-order valence-corrected chi connectivity index (χ0v) is 22.1. The summed E-state index contributed by atoms with van der Waals surface area (Å²) in [5.41, 5.74) is 6.59. The highest BCUT2D eigenvalue weighted by Gasteiger charge is 2.48. The Kier molecular flexibility index (Phi) is 8.45. The lowest BCUT2D eigenvalue weighted by molar-refractivity contribution is -0.146. The van der Waals surface area contributed by atoms with Gasteiger partial charge in [0.05, 0.1) is 25.4 Å². The Hall–Kier alpha value is -4.04. The third kappa shape index (κ3) is 4.72. The Morgan fingerprint density at radius 2 is 1.81 bits per heavy atom. The normalized spacial score (nSPS) is 17.4. The third-order valence-electron chi connectivity index (χ3n) is 6.00. The summed E-state index contributed by atoms with van der Waals surface area (Å²) in [6.07, 6.45) is 0. The first-order chi connectivity index (χ1) is 17.7. The largest absolute Gasteiger partial charge is 0.512 e. The van der Waals surface area contributed by atoms with Crippen LogP contribution in [0.4, 0.5) is 5.82 Å². The number of nitrogens with two attached hydrogens (primary N) is 1. The van der Waals surface area contributed by atoms with Gasteiger partial charge in [-0.2, -0.15) is 5.26 Å². The zero-order chi connectivity index (χ0) is 27.4. The lowest BCUT2D eigenvalue weighted by Crippen LogP contribution is -2.34. The fourth-order valence-electron chi connectivity index (χ4n) is 4.67. The minimum absolute atomic E-state index is 0.00802. The Balaban J connectivity index is 2.55. The first-order valence-electron chi connectivity index (χ1n) is 11.8. The molecule has 3 N–H and O–H groups in total. The summed E-state index contributed by atoms with van der Waals surface area (Å²) in [7, 11) is 0. The monoisotopic (exact) mass is 527 g/mol. The van der Waals surface area contributed by atoms with Gasteiger partial charge in [0.25, 0.3) is 0 Å². The number of fused-ring (bicyclic) bond motifs is 1. The van der Waals surface area contributed by atoms with Gasteiger partial charge in [0.15, 0.2) is 0 Å². The number of rotatable bonds is 8. The molecule has 196 valence electrons. The third-order valence-corrected chi connectivity index (χ3v) is 6.95. The van der Waals surface area contributed by atoms with Crippen molar-refractivity contribution >= 4 is 46.3 Å². The van der Waals surface area contributed by atoms with E-state index < -0.39 is 35.5 Å². The summed E-state index contributed by atoms with van der Waals surface area (Å²) in [6, 6.07) is 5.56. The van der Waals surface area contributed by atoms with Crippen molar-refractivity contribution in [3.8, 4) is 6.07 Å². The molecule has 1 aliphatic rings. The Morgan fingerprint density at radius 3 is 2.32 bits per heavy atom. The number of hydrogen-bond donors (Lipinski definition) is 2. The molecule has 0 saturated heterocycles. The van der Waals surface area contributed by atoms with Crippen LogP contribution in [-0.2, 0) is 28.6 Å². The van der Waals surface area contributed by atoms with E-state index in [9.17, 15) is 24.8 Å². The van der Waals surface area contributed by atoms with Crippen LogP contribution >= 0.6 is 11.3 Å². The number of thiophene rings is 1. The van der Waals surface area contributed by atoms with Gasteiger partial charge >= 0.3 is 17.9 Å². The van der Waals surface area contributed by atoms with Gasteiger partial charge in [-0.05, 0) is 46.1 Å². The number of nitriles is 1. The number of ether oxygens (including phenoxy) is 3. The van der Waals surface area contributed by atoms with E-state index in [2.05, 4.69) is 0 Å². The van der Waals surface area contributed by atoms with Crippen LogP contribution in [0.25, 0.3) is 11.3 Å². The molecule has 1 aliphatic heterocycles. The van der Waals surface area contributed by atoms with E-state index in [4.69, 9.17) is 19.9 Å². The van der Waals surface area contributed by atoms with Crippen LogP contribution in [0.15, 0.2) is 28.8 Å². The van der Waals surface area contributed by atoms with E-state index in [1.807, 2.05) is 6.07 Å². The minimum Gasteiger partial charge on any atom is -0.512 e. The summed E-state index contributed by atoms with van der Waals surface area (Å²) < 4.78 is 17.4. The average molecular weight is 528 g/mol. The summed E-state index contributed by atoms with van der Waals surface area (Å²) >= 11 is 1.33. The van der Waals surface area contributed by atoms with Crippen molar-refractivity contribution in [2.45, 2.75) is 46.5 Å². The first kappa shape index (κ1) is 27.5. The van der Waals surface area contributed by atoms with Crippen molar-refractivity contribution < 1.29 is 33.7 Å². The number of anilines is 1. The highest BCUT2D eigenvalue weighted by atomic mass is 32.1. The number of allylic oxidation sites excluding steroid dienone is 2. The predicted molar refractivity (Wildman–Crippen MR) is 137 cm³/mol. The van der Waals surface area contributed by atoms with Crippen molar-refractivity contribution in [3.05, 3.63) is 50.5 Å². The Morgan fingerprint density at radius 1 is 1.16 bits per heavy atom. The lowest BCUT2D eigenvalue weighted by atomic mass is 9.77. The van der Waals surface area contributed by atoms with Gasteiger partial charge in [-0.1, -0.05) is 6.07 Å². The molecule has 2 aromatic rings. The Bertz CT molecular complexity index is 1320. The van der Waals surface area contributed by atoms with Gasteiger partial charge in [-0.15, -0.1) is 11.3 Å².